The Morgan fingerprint density at radius 3 is 2.37 bits per heavy atom. The average molecular weight is 505 g/mol. The molecule has 2 aromatic carbocycles. The maximum absolute atomic E-state index is 13.6. The van der Waals surface area contributed by atoms with Gasteiger partial charge in [0.05, 0.1) is 16.9 Å². The van der Waals surface area contributed by atoms with Crippen molar-refractivity contribution in [2.45, 2.75) is 46.2 Å². The van der Waals surface area contributed by atoms with E-state index >= 15 is 0 Å². The third-order valence-corrected chi connectivity index (χ3v) is 6.69. The zero-order valence-electron chi connectivity index (χ0n) is 20.4. The summed E-state index contributed by atoms with van der Waals surface area (Å²) in [5.74, 6) is -0.916. The molecule has 2 rings (SSSR count). The third kappa shape index (κ3) is 7.51. The standard InChI is InChI=1S/C24H32N4O6S/c1-5-14-25-24(30)22(6-2)26(16-19-11-8-7-10-18(19)3)23(29)17-27(35(4,33)34)20-12-9-13-21(15-20)28(31)32/h7-13,15,22H,5-6,14,16-17H2,1-4H3,(H,25,30)/t22-/m1/s1. The number of carbonyl (C=O) groups excluding carboxylic acids is 2. The Kier molecular flexibility index (Phi) is 9.76. The molecule has 1 N–H and O–H groups in total. The lowest BCUT2D eigenvalue weighted by molar-refractivity contribution is -0.384. The summed E-state index contributed by atoms with van der Waals surface area (Å²) in [6, 6.07) is 11.7. The molecule has 0 aliphatic rings. The van der Waals surface area contributed by atoms with E-state index in [1.165, 1.54) is 23.1 Å². The van der Waals surface area contributed by atoms with E-state index in [-0.39, 0.29) is 23.8 Å². The fourth-order valence-electron chi connectivity index (χ4n) is 3.63. The van der Waals surface area contributed by atoms with Crippen molar-refractivity contribution in [2.75, 3.05) is 23.7 Å². The smallest absolute Gasteiger partial charge is 0.271 e. The van der Waals surface area contributed by atoms with Crippen LogP contribution in [0.4, 0.5) is 11.4 Å². The molecule has 0 saturated carbocycles. The number of sulfonamides is 1. The van der Waals surface area contributed by atoms with Gasteiger partial charge in [-0.25, -0.2) is 8.42 Å². The molecule has 35 heavy (non-hydrogen) atoms. The first-order valence-corrected chi connectivity index (χ1v) is 13.2. The molecule has 0 aromatic heterocycles. The summed E-state index contributed by atoms with van der Waals surface area (Å²) in [5, 5.41) is 14.0. The van der Waals surface area contributed by atoms with Crippen molar-refractivity contribution in [3.8, 4) is 0 Å². The first-order valence-electron chi connectivity index (χ1n) is 11.3. The van der Waals surface area contributed by atoms with Crippen LogP contribution in [-0.2, 0) is 26.2 Å². The second-order valence-corrected chi connectivity index (χ2v) is 10.1. The van der Waals surface area contributed by atoms with Crippen molar-refractivity contribution in [3.05, 3.63) is 69.8 Å². The van der Waals surface area contributed by atoms with E-state index in [0.717, 1.165) is 34.2 Å². The highest BCUT2D eigenvalue weighted by atomic mass is 32.2. The fourth-order valence-corrected chi connectivity index (χ4v) is 4.47. The zero-order valence-corrected chi connectivity index (χ0v) is 21.2. The number of nitro groups is 1. The third-order valence-electron chi connectivity index (χ3n) is 5.54. The molecule has 0 aliphatic heterocycles. The summed E-state index contributed by atoms with van der Waals surface area (Å²) in [4.78, 5) is 38.4. The maximum atomic E-state index is 13.6. The molecule has 0 saturated heterocycles. The van der Waals surface area contributed by atoms with Gasteiger partial charge in [0.15, 0.2) is 0 Å². The largest absolute Gasteiger partial charge is 0.354 e. The normalized spacial score (nSPS) is 12.0. The maximum Gasteiger partial charge on any atom is 0.271 e. The first kappa shape index (κ1) is 27.8. The summed E-state index contributed by atoms with van der Waals surface area (Å²) in [5.41, 5.74) is 1.44. The molecule has 190 valence electrons. The number of anilines is 1. The molecule has 0 spiro atoms. The summed E-state index contributed by atoms with van der Waals surface area (Å²) in [6.07, 6.45) is 1.97. The molecular formula is C24H32N4O6S. The van der Waals surface area contributed by atoms with E-state index in [0.29, 0.717) is 13.0 Å². The highest BCUT2D eigenvalue weighted by Crippen LogP contribution is 2.24. The van der Waals surface area contributed by atoms with Crippen molar-refractivity contribution in [3.63, 3.8) is 0 Å². The van der Waals surface area contributed by atoms with Gasteiger partial charge in [-0.05, 0) is 37.0 Å². The van der Waals surface area contributed by atoms with Crippen LogP contribution in [-0.4, -0.2) is 55.4 Å². The van der Waals surface area contributed by atoms with Crippen molar-refractivity contribution in [2.24, 2.45) is 0 Å². The molecule has 0 fully saturated rings. The van der Waals surface area contributed by atoms with E-state index in [9.17, 15) is 28.1 Å². The van der Waals surface area contributed by atoms with Gasteiger partial charge in [0, 0.05) is 25.2 Å². The highest BCUT2D eigenvalue weighted by Gasteiger charge is 2.32. The number of aryl methyl sites for hydroxylation is 1. The number of carbonyl (C=O) groups is 2. The van der Waals surface area contributed by atoms with Crippen LogP contribution in [0.3, 0.4) is 0 Å². The minimum atomic E-state index is -3.97. The predicted octanol–water partition coefficient (Wildman–Crippen LogP) is 3.00. The van der Waals surface area contributed by atoms with E-state index in [1.54, 1.807) is 6.92 Å². The summed E-state index contributed by atoms with van der Waals surface area (Å²) < 4.78 is 26.0. The van der Waals surface area contributed by atoms with Crippen molar-refractivity contribution in [1.82, 2.24) is 10.2 Å². The molecule has 0 bridgehead atoms. The van der Waals surface area contributed by atoms with Gasteiger partial charge < -0.3 is 10.2 Å². The Morgan fingerprint density at radius 2 is 1.80 bits per heavy atom. The molecule has 2 aromatic rings. The van der Waals surface area contributed by atoms with Crippen LogP contribution >= 0.6 is 0 Å². The van der Waals surface area contributed by atoms with E-state index in [2.05, 4.69) is 5.32 Å². The van der Waals surface area contributed by atoms with Crippen LogP contribution in [0.2, 0.25) is 0 Å². The Morgan fingerprint density at radius 1 is 1.11 bits per heavy atom. The number of non-ortho nitro benzene ring substituents is 1. The minimum absolute atomic E-state index is 0.00521. The van der Waals surface area contributed by atoms with Gasteiger partial charge in [0.2, 0.25) is 21.8 Å². The number of rotatable bonds is 12. The number of hydrogen-bond acceptors (Lipinski definition) is 6. The number of benzene rings is 2. The van der Waals surface area contributed by atoms with Gasteiger partial charge in [-0.1, -0.05) is 44.2 Å². The Bertz CT molecular complexity index is 1170. The van der Waals surface area contributed by atoms with Crippen LogP contribution in [0.15, 0.2) is 48.5 Å². The highest BCUT2D eigenvalue weighted by molar-refractivity contribution is 7.92. The van der Waals surface area contributed by atoms with Crippen LogP contribution < -0.4 is 9.62 Å². The molecule has 0 radical (unpaired) electrons. The average Bonchev–Trinajstić information content (AvgIpc) is 2.81. The van der Waals surface area contributed by atoms with Gasteiger partial charge in [0.1, 0.15) is 12.6 Å². The van der Waals surface area contributed by atoms with Gasteiger partial charge in [-0.2, -0.15) is 0 Å². The molecule has 2 amide bonds. The van der Waals surface area contributed by atoms with Crippen molar-refractivity contribution < 1.29 is 22.9 Å². The van der Waals surface area contributed by atoms with Gasteiger partial charge in [-0.3, -0.25) is 24.0 Å². The van der Waals surface area contributed by atoms with Gasteiger partial charge in [-0.15, -0.1) is 0 Å². The lowest BCUT2D eigenvalue weighted by Crippen LogP contribution is -2.52. The molecule has 0 heterocycles. The molecule has 10 nitrogen and oxygen atoms in total. The number of hydrogen-bond donors (Lipinski definition) is 1. The second kappa shape index (κ2) is 12.3. The Balaban J connectivity index is 2.47. The van der Waals surface area contributed by atoms with Gasteiger partial charge in [0.25, 0.3) is 5.69 Å². The fraction of sp³-hybridized carbons (Fsp3) is 0.417. The van der Waals surface area contributed by atoms with Crippen molar-refractivity contribution >= 4 is 33.2 Å². The number of nitro benzene ring substituents is 1. The monoisotopic (exact) mass is 504 g/mol. The second-order valence-electron chi connectivity index (χ2n) is 8.21. The van der Waals surface area contributed by atoms with E-state index in [4.69, 9.17) is 0 Å². The van der Waals surface area contributed by atoms with Gasteiger partial charge >= 0.3 is 0 Å². The van der Waals surface area contributed by atoms with Crippen LogP contribution in [0.5, 0.6) is 0 Å². The quantitative estimate of drug-likeness (QED) is 0.349. The summed E-state index contributed by atoms with van der Waals surface area (Å²) in [6.45, 7) is 5.54. The lowest BCUT2D eigenvalue weighted by atomic mass is 10.1. The van der Waals surface area contributed by atoms with Crippen LogP contribution in [0.25, 0.3) is 0 Å². The molecule has 1 atom stereocenters. The van der Waals surface area contributed by atoms with E-state index < -0.39 is 33.4 Å². The van der Waals surface area contributed by atoms with Crippen LogP contribution in [0, 0.1) is 17.0 Å². The summed E-state index contributed by atoms with van der Waals surface area (Å²) >= 11 is 0. The van der Waals surface area contributed by atoms with Crippen LogP contribution in [0.1, 0.15) is 37.8 Å². The molecule has 11 heteroatoms. The molecule has 0 aliphatic carbocycles. The molecule has 0 unspecified atom stereocenters. The van der Waals surface area contributed by atoms with E-state index in [1.807, 2.05) is 38.1 Å². The first-order chi connectivity index (χ1) is 16.5. The number of nitrogens with zero attached hydrogens (tertiary/aromatic N) is 3. The zero-order chi connectivity index (χ0) is 26.2. The topological polar surface area (TPSA) is 130 Å². The predicted molar refractivity (Wildman–Crippen MR) is 134 cm³/mol. The molecular weight excluding hydrogens is 472 g/mol. The van der Waals surface area contributed by atoms with Crippen molar-refractivity contribution in [1.29, 1.82) is 0 Å². The lowest BCUT2D eigenvalue weighted by Gasteiger charge is -2.33. The number of amides is 2. The summed E-state index contributed by atoms with van der Waals surface area (Å²) in [7, 11) is -3.97. The number of nitrogens with one attached hydrogen (secondary N) is 1. The SMILES string of the molecule is CCCNC(=O)[C@@H](CC)N(Cc1ccccc1C)C(=O)CN(c1cccc([N+](=O)[O-])c1)S(C)(=O)=O. The minimum Gasteiger partial charge on any atom is -0.354 e. The Hall–Kier alpha value is -3.47. The Labute approximate surface area is 206 Å².